The number of hydrogen-bond donors (Lipinski definition) is 2. The molecule has 0 saturated carbocycles. The van der Waals surface area contributed by atoms with Gasteiger partial charge in [0.2, 0.25) is 11.8 Å². The summed E-state index contributed by atoms with van der Waals surface area (Å²) in [7, 11) is 0. The van der Waals surface area contributed by atoms with Crippen molar-refractivity contribution in [3.8, 4) is 0 Å². The van der Waals surface area contributed by atoms with E-state index in [1.165, 1.54) is 5.56 Å². The summed E-state index contributed by atoms with van der Waals surface area (Å²) in [5.41, 5.74) is 2.30. The maximum atomic E-state index is 12.3. The molecule has 5 nitrogen and oxygen atoms in total. The Morgan fingerprint density at radius 1 is 1.28 bits per heavy atom. The molecule has 1 spiro atoms. The second kappa shape index (κ2) is 7.56. The lowest BCUT2D eigenvalue weighted by atomic mass is 9.78. The second-order valence-corrected chi connectivity index (χ2v) is 7.71. The first-order chi connectivity index (χ1) is 12.0. The molecule has 2 aliphatic heterocycles. The van der Waals surface area contributed by atoms with Crippen molar-refractivity contribution in [2.75, 3.05) is 31.5 Å². The number of benzene rings is 1. The molecule has 2 heterocycles. The van der Waals surface area contributed by atoms with E-state index in [-0.39, 0.29) is 17.2 Å². The Morgan fingerprint density at radius 2 is 1.96 bits per heavy atom. The van der Waals surface area contributed by atoms with Gasteiger partial charge in [0.05, 0.1) is 6.54 Å². The van der Waals surface area contributed by atoms with Gasteiger partial charge in [-0.2, -0.15) is 0 Å². The van der Waals surface area contributed by atoms with Crippen molar-refractivity contribution in [2.45, 2.75) is 45.4 Å². The van der Waals surface area contributed by atoms with Gasteiger partial charge in [0.1, 0.15) is 0 Å². The highest BCUT2D eigenvalue weighted by molar-refractivity contribution is 5.92. The van der Waals surface area contributed by atoms with Crippen molar-refractivity contribution >= 4 is 17.5 Å². The number of hydrogen-bond acceptors (Lipinski definition) is 3. The quantitative estimate of drug-likeness (QED) is 0.864. The summed E-state index contributed by atoms with van der Waals surface area (Å²) in [4.78, 5) is 26.0. The van der Waals surface area contributed by atoms with Gasteiger partial charge in [-0.05, 0) is 61.4 Å². The van der Waals surface area contributed by atoms with Crippen molar-refractivity contribution in [1.29, 1.82) is 0 Å². The third kappa shape index (κ3) is 4.40. The molecule has 3 rings (SSSR count). The third-order valence-electron chi connectivity index (χ3n) is 5.86. The first kappa shape index (κ1) is 17.9. The number of piperidine rings is 1. The van der Waals surface area contributed by atoms with E-state index in [0.717, 1.165) is 44.6 Å². The fraction of sp³-hybridized carbons (Fsp3) is 0.600. The largest absolute Gasteiger partial charge is 0.356 e. The minimum absolute atomic E-state index is 0.0351. The lowest BCUT2D eigenvalue weighted by Gasteiger charge is -2.37. The van der Waals surface area contributed by atoms with Crippen LogP contribution in [0.4, 0.5) is 5.69 Å². The van der Waals surface area contributed by atoms with Crippen molar-refractivity contribution in [3.05, 3.63) is 29.8 Å². The number of anilines is 1. The van der Waals surface area contributed by atoms with Crippen LogP contribution in [0.15, 0.2) is 24.3 Å². The Bertz CT molecular complexity index is 618. The van der Waals surface area contributed by atoms with Crippen LogP contribution < -0.4 is 10.6 Å². The standard InChI is InChI=1S/C20H29N3O2/c1-3-15(2)16-4-6-17(7-5-16)22-19(25)13-23-10-8-20(9-11-23)12-18(24)21-14-20/h4-7,15H,3,8-14H2,1-2H3,(H,21,24)(H,22,25). The first-order valence-corrected chi connectivity index (χ1v) is 9.38. The molecular weight excluding hydrogens is 314 g/mol. The molecule has 2 fully saturated rings. The zero-order valence-corrected chi connectivity index (χ0v) is 15.3. The molecule has 1 aromatic carbocycles. The van der Waals surface area contributed by atoms with E-state index in [0.29, 0.717) is 18.9 Å². The number of rotatable bonds is 5. The van der Waals surface area contributed by atoms with Crippen molar-refractivity contribution in [3.63, 3.8) is 0 Å². The van der Waals surface area contributed by atoms with Gasteiger partial charge in [-0.15, -0.1) is 0 Å². The zero-order valence-electron chi connectivity index (χ0n) is 15.3. The molecule has 25 heavy (non-hydrogen) atoms. The summed E-state index contributed by atoms with van der Waals surface area (Å²) < 4.78 is 0. The highest BCUT2D eigenvalue weighted by Crippen LogP contribution is 2.37. The Kier molecular flexibility index (Phi) is 5.42. The van der Waals surface area contributed by atoms with E-state index >= 15 is 0 Å². The van der Waals surface area contributed by atoms with Crippen LogP contribution in [0, 0.1) is 5.41 Å². The smallest absolute Gasteiger partial charge is 0.238 e. The molecular formula is C20H29N3O2. The summed E-state index contributed by atoms with van der Waals surface area (Å²) in [5, 5.41) is 5.94. The third-order valence-corrected chi connectivity index (χ3v) is 5.86. The van der Waals surface area contributed by atoms with Crippen LogP contribution in [0.1, 0.15) is 51.0 Å². The highest BCUT2D eigenvalue weighted by Gasteiger charge is 2.40. The summed E-state index contributed by atoms with van der Waals surface area (Å²) in [6, 6.07) is 8.16. The lowest BCUT2D eigenvalue weighted by molar-refractivity contribution is -0.120. The predicted octanol–water partition coefficient (Wildman–Crippen LogP) is 2.74. The van der Waals surface area contributed by atoms with E-state index in [2.05, 4.69) is 41.5 Å². The normalized spacial score (nSPS) is 21.1. The molecule has 2 N–H and O–H groups in total. The van der Waals surface area contributed by atoms with Crippen LogP contribution in [0.25, 0.3) is 0 Å². The average Bonchev–Trinajstić information content (AvgIpc) is 2.97. The minimum atomic E-state index is 0.0351. The van der Waals surface area contributed by atoms with Gasteiger partial charge >= 0.3 is 0 Å². The Balaban J connectivity index is 1.46. The van der Waals surface area contributed by atoms with Crippen LogP contribution in [-0.4, -0.2) is 42.9 Å². The molecule has 0 aliphatic carbocycles. The topological polar surface area (TPSA) is 61.4 Å². The van der Waals surface area contributed by atoms with Crippen LogP contribution in [-0.2, 0) is 9.59 Å². The average molecular weight is 343 g/mol. The number of nitrogens with one attached hydrogen (secondary N) is 2. The molecule has 0 radical (unpaired) electrons. The predicted molar refractivity (Wildman–Crippen MR) is 99.5 cm³/mol. The maximum Gasteiger partial charge on any atom is 0.238 e. The Morgan fingerprint density at radius 3 is 2.52 bits per heavy atom. The Labute approximate surface area is 150 Å². The van der Waals surface area contributed by atoms with Crippen LogP contribution in [0.5, 0.6) is 0 Å². The Hall–Kier alpha value is -1.88. The van der Waals surface area contributed by atoms with Gasteiger partial charge in [0.25, 0.3) is 0 Å². The second-order valence-electron chi connectivity index (χ2n) is 7.71. The SMILES string of the molecule is CCC(C)c1ccc(NC(=O)CN2CCC3(CC2)CNC(=O)C3)cc1. The van der Waals surface area contributed by atoms with E-state index in [1.807, 2.05) is 12.1 Å². The van der Waals surface area contributed by atoms with Crippen molar-refractivity contribution in [1.82, 2.24) is 10.2 Å². The highest BCUT2D eigenvalue weighted by atomic mass is 16.2. The molecule has 1 atom stereocenters. The van der Waals surface area contributed by atoms with Crippen LogP contribution in [0.3, 0.4) is 0 Å². The summed E-state index contributed by atoms with van der Waals surface area (Å²) >= 11 is 0. The van der Waals surface area contributed by atoms with Crippen LogP contribution in [0.2, 0.25) is 0 Å². The molecule has 136 valence electrons. The van der Waals surface area contributed by atoms with Crippen molar-refractivity contribution < 1.29 is 9.59 Å². The van der Waals surface area contributed by atoms with Gasteiger partial charge in [-0.1, -0.05) is 26.0 Å². The van der Waals surface area contributed by atoms with Gasteiger partial charge in [-0.25, -0.2) is 0 Å². The molecule has 5 heteroatoms. The number of amides is 2. The van der Waals surface area contributed by atoms with E-state index in [9.17, 15) is 9.59 Å². The van der Waals surface area contributed by atoms with Gasteiger partial charge in [0, 0.05) is 18.7 Å². The summed E-state index contributed by atoms with van der Waals surface area (Å²) in [6.07, 6.45) is 3.74. The fourth-order valence-corrected chi connectivity index (χ4v) is 3.83. The number of carbonyl (C=O) groups is 2. The monoisotopic (exact) mass is 343 g/mol. The lowest BCUT2D eigenvalue weighted by Crippen LogP contribution is -2.44. The van der Waals surface area contributed by atoms with Gasteiger partial charge in [-0.3, -0.25) is 14.5 Å². The van der Waals surface area contributed by atoms with Gasteiger partial charge < -0.3 is 10.6 Å². The molecule has 2 aliphatic rings. The number of likely N-dealkylation sites (tertiary alicyclic amines) is 1. The molecule has 1 aromatic rings. The molecule has 1 unspecified atom stereocenters. The summed E-state index contributed by atoms with van der Waals surface area (Å²) in [5.74, 6) is 0.752. The van der Waals surface area contributed by atoms with E-state index in [1.54, 1.807) is 0 Å². The molecule has 2 saturated heterocycles. The fourth-order valence-electron chi connectivity index (χ4n) is 3.83. The number of nitrogens with zero attached hydrogens (tertiary/aromatic N) is 1. The molecule has 2 amide bonds. The maximum absolute atomic E-state index is 12.3. The van der Waals surface area contributed by atoms with Gasteiger partial charge in [0.15, 0.2) is 0 Å². The zero-order chi connectivity index (χ0) is 17.9. The first-order valence-electron chi connectivity index (χ1n) is 9.38. The minimum Gasteiger partial charge on any atom is -0.356 e. The number of carbonyl (C=O) groups excluding carboxylic acids is 2. The molecule has 0 aromatic heterocycles. The van der Waals surface area contributed by atoms with Crippen molar-refractivity contribution in [2.24, 2.45) is 5.41 Å². The summed E-state index contributed by atoms with van der Waals surface area (Å²) in [6.45, 7) is 7.38. The van der Waals surface area contributed by atoms with E-state index < -0.39 is 0 Å². The molecule has 0 bridgehead atoms. The van der Waals surface area contributed by atoms with E-state index in [4.69, 9.17) is 0 Å². The van der Waals surface area contributed by atoms with Crippen LogP contribution >= 0.6 is 0 Å².